The molecule has 0 aliphatic rings. The lowest BCUT2D eigenvalue weighted by molar-refractivity contribution is 0.292. The molecule has 0 amide bonds. The van der Waals surface area contributed by atoms with E-state index in [0.717, 1.165) is 5.69 Å². The molecule has 0 unspecified atom stereocenters. The highest BCUT2D eigenvalue weighted by atomic mass is 35.5. The number of hydrogen-bond acceptors (Lipinski definition) is 3. The molecule has 0 fully saturated rings. The third kappa shape index (κ3) is 2.73. The van der Waals surface area contributed by atoms with Crippen LogP contribution in [0.1, 0.15) is 12.6 Å². The summed E-state index contributed by atoms with van der Waals surface area (Å²) in [6.07, 6.45) is 0. The Morgan fingerprint density at radius 1 is 1.44 bits per heavy atom. The molecule has 0 saturated carbocycles. The minimum atomic E-state index is -0.466. The predicted molar refractivity (Wildman–Crippen MR) is 68.1 cm³/mol. The van der Waals surface area contributed by atoms with E-state index in [1.54, 1.807) is 10.7 Å². The van der Waals surface area contributed by atoms with Crippen LogP contribution in [-0.4, -0.2) is 9.78 Å². The van der Waals surface area contributed by atoms with E-state index in [2.05, 4.69) is 5.10 Å². The Bertz CT molecular complexity index is 556. The molecule has 0 bridgehead atoms. The van der Waals surface area contributed by atoms with Gasteiger partial charge in [-0.2, -0.15) is 5.10 Å². The first-order chi connectivity index (χ1) is 8.60. The normalized spacial score (nSPS) is 10.6. The van der Waals surface area contributed by atoms with E-state index in [1.165, 1.54) is 18.2 Å². The zero-order chi connectivity index (χ0) is 13.1. The lowest BCUT2D eigenvalue weighted by atomic mass is 10.3. The topological polar surface area (TPSA) is 53.1 Å². The van der Waals surface area contributed by atoms with Crippen LogP contribution in [0, 0.1) is 5.82 Å². The van der Waals surface area contributed by atoms with E-state index in [4.69, 9.17) is 22.1 Å². The summed E-state index contributed by atoms with van der Waals surface area (Å²) < 4.78 is 20.2. The zero-order valence-electron chi connectivity index (χ0n) is 9.86. The Hall–Kier alpha value is -1.75. The largest absolute Gasteiger partial charge is 0.487 e. The fourth-order valence-corrected chi connectivity index (χ4v) is 1.76. The molecule has 2 rings (SSSR count). The molecule has 2 aromatic rings. The van der Waals surface area contributed by atoms with Crippen LogP contribution in [0.2, 0.25) is 5.02 Å². The summed E-state index contributed by atoms with van der Waals surface area (Å²) in [5, 5.41) is 4.14. The number of nitrogen functional groups attached to an aromatic ring is 1. The Morgan fingerprint density at radius 2 is 2.22 bits per heavy atom. The van der Waals surface area contributed by atoms with Gasteiger partial charge in [0.25, 0.3) is 0 Å². The van der Waals surface area contributed by atoms with E-state index >= 15 is 0 Å². The highest BCUT2D eigenvalue weighted by Crippen LogP contribution is 2.22. The minimum absolute atomic E-state index is 0.0380. The number of anilines is 1. The molecule has 1 heterocycles. The van der Waals surface area contributed by atoms with Crippen LogP contribution in [0.25, 0.3) is 0 Å². The van der Waals surface area contributed by atoms with Gasteiger partial charge in [0.2, 0.25) is 0 Å². The number of nitrogens with two attached hydrogens (primary N) is 1. The summed E-state index contributed by atoms with van der Waals surface area (Å²) in [5.74, 6) is 0.489. The Labute approximate surface area is 109 Å². The van der Waals surface area contributed by atoms with Crippen molar-refractivity contribution in [1.82, 2.24) is 9.78 Å². The summed E-state index contributed by atoms with van der Waals surface area (Å²) in [6, 6.07) is 5.97. The minimum Gasteiger partial charge on any atom is -0.487 e. The summed E-state index contributed by atoms with van der Waals surface area (Å²) >= 11 is 5.67. The van der Waals surface area contributed by atoms with Crippen LogP contribution in [0.15, 0.2) is 24.3 Å². The fraction of sp³-hybridized carbons (Fsp3) is 0.250. The van der Waals surface area contributed by atoms with Crippen molar-refractivity contribution in [2.75, 3.05) is 5.73 Å². The molecule has 0 saturated heterocycles. The number of ether oxygens (including phenoxy) is 1. The smallest absolute Gasteiger partial charge is 0.145 e. The molecule has 18 heavy (non-hydrogen) atoms. The molecule has 0 aliphatic heterocycles. The lowest BCUT2D eigenvalue weighted by Gasteiger charge is -2.08. The van der Waals surface area contributed by atoms with E-state index in [-0.39, 0.29) is 5.02 Å². The maximum Gasteiger partial charge on any atom is 0.145 e. The first-order valence-electron chi connectivity index (χ1n) is 5.50. The Morgan fingerprint density at radius 3 is 2.89 bits per heavy atom. The van der Waals surface area contributed by atoms with E-state index < -0.39 is 5.82 Å². The van der Waals surface area contributed by atoms with Gasteiger partial charge in [-0.1, -0.05) is 11.6 Å². The summed E-state index contributed by atoms with van der Waals surface area (Å²) in [4.78, 5) is 0. The first kappa shape index (κ1) is 12.7. The number of aryl methyl sites for hydroxylation is 1. The number of rotatable bonds is 4. The van der Waals surface area contributed by atoms with Crippen LogP contribution >= 0.6 is 11.6 Å². The van der Waals surface area contributed by atoms with Gasteiger partial charge in [0.05, 0.1) is 10.7 Å². The zero-order valence-corrected chi connectivity index (χ0v) is 10.6. The van der Waals surface area contributed by atoms with Crippen LogP contribution in [0.4, 0.5) is 10.2 Å². The lowest BCUT2D eigenvalue weighted by Crippen LogP contribution is -2.06. The number of aromatic nitrogens is 2. The number of halogens is 2. The second-order valence-electron chi connectivity index (χ2n) is 3.74. The van der Waals surface area contributed by atoms with Crippen molar-refractivity contribution in [2.45, 2.75) is 20.1 Å². The Kier molecular flexibility index (Phi) is 3.72. The van der Waals surface area contributed by atoms with Gasteiger partial charge in [0.15, 0.2) is 0 Å². The van der Waals surface area contributed by atoms with Crippen LogP contribution in [0.5, 0.6) is 5.75 Å². The Balaban J connectivity index is 2.08. The number of nitrogens with zero attached hydrogens (tertiary/aromatic N) is 2. The van der Waals surface area contributed by atoms with E-state index in [1.807, 2.05) is 6.92 Å². The average Bonchev–Trinajstić information content (AvgIpc) is 2.71. The monoisotopic (exact) mass is 269 g/mol. The van der Waals surface area contributed by atoms with Crippen molar-refractivity contribution in [2.24, 2.45) is 0 Å². The molecule has 1 aromatic carbocycles. The van der Waals surface area contributed by atoms with Crippen LogP contribution in [0.3, 0.4) is 0 Å². The molecule has 0 atom stereocenters. The predicted octanol–water partition coefficient (Wildman–Crippen LogP) is 2.86. The summed E-state index contributed by atoms with van der Waals surface area (Å²) in [5.41, 5.74) is 6.47. The molecule has 6 heteroatoms. The molecule has 4 nitrogen and oxygen atoms in total. The fourth-order valence-electron chi connectivity index (χ4n) is 1.59. The average molecular weight is 270 g/mol. The third-order valence-corrected chi connectivity index (χ3v) is 2.75. The highest BCUT2D eigenvalue weighted by molar-refractivity contribution is 6.30. The molecule has 96 valence electrons. The second kappa shape index (κ2) is 5.27. The van der Waals surface area contributed by atoms with Crippen LogP contribution < -0.4 is 10.5 Å². The maximum atomic E-state index is 13.0. The number of hydrogen-bond donors (Lipinski definition) is 1. The van der Waals surface area contributed by atoms with E-state index in [0.29, 0.717) is 24.7 Å². The second-order valence-corrected chi connectivity index (χ2v) is 4.15. The van der Waals surface area contributed by atoms with E-state index in [9.17, 15) is 4.39 Å². The van der Waals surface area contributed by atoms with Gasteiger partial charge in [-0.25, -0.2) is 4.39 Å². The van der Waals surface area contributed by atoms with Crippen LogP contribution in [-0.2, 0) is 13.2 Å². The molecule has 0 aliphatic carbocycles. The van der Waals surface area contributed by atoms with Gasteiger partial charge in [0, 0.05) is 18.7 Å². The molecule has 1 aromatic heterocycles. The van der Waals surface area contributed by atoms with Crippen molar-refractivity contribution in [3.05, 3.63) is 40.8 Å². The van der Waals surface area contributed by atoms with Gasteiger partial charge >= 0.3 is 0 Å². The van der Waals surface area contributed by atoms with Crippen molar-refractivity contribution >= 4 is 17.4 Å². The highest BCUT2D eigenvalue weighted by Gasteiger charge is 2.06. The van der Waals surface area contributed by atoms with Gasteiger partial charge in [-0.15, -0.1) is 0 Å². The summed E-state index contributed by atoms with van der Waals surface area (Å²) in [7, 11) is 0. The van der Waals surface area contributed by atoms with Gasteiger partial charge in [-0.3, -0.25) is 4.68 Å². The van der Waals surface area contributed by atoms with Crippen molar-refractivity contribution in [3.63, 3.8) is 0 Å². The maximum absolute atomic E-state index is 13.0. The van der Waals surface area contributed by atoms with Gasteiger partial charge < -0.3 is 10.5 Å². The third-order valence-electron chi connectivity index (χ3n) is 2.46. The standard InChI is InChI=1S/C12H13ClFN3O/c1-2-17-8(5-12(15)16-17)7-18-9-3-4-11(14)10(13)6-9/h3-6H,2,7H2,1H3,(H2,15,16). The molecular weight excluding hydrogens is 257 g/mol. The molecule has 0 radical (unpaired) electrons. The summed E-state index contributed by atoms with van der Waals surface area (Å²) in [6.45, 7) is 2.98. The van der Waals surface area contributed by atoms with Crippen molar-refractivity contribution in [3.8, 4) is 5.75 Å². The molecule has 2 N–H and O–H groups in total. The van der Waals surface area contributed by atoms with Crippen molar-refractivity contribution < 1.29 is 9.13 Å². The van der Waals surface area contributed by atoms with Crippen molar-refractivity contribution in [1.29, 1.82) is 0 Å². The van der Waals surface area contributed by atoms with Gasteiger partial charge in [-0.05, 0) is 19.1 Å². The molecular formula is C12H13ClFN3O. The number of benzene rings is 1. The molecule has 0 spiro atoms. The van der Waals surface area contributed by atoms with Gasteiger partial charge in [0.1, 0.15) is 24.0 Å². The quantitative estimate of drug-likeness (QED) is 0.929. The SMILES string of the molecule is CCn1nc(N)cc1COc1ccc(F)c(Cl)c1. The first-order valence-corrected chi connectivity index (χ1v) is 5.88.